The molecule has 0 unspecified atom stereocenters. The van der Waals surface area contributed by atoms with Crippen molar-refractivity contribution in [1.82, 2.24) is 9.80 Å². The molecule has 0 aliphatic heterocycles. The molecule has 0 bridgehead atoms. The van der Waals surface area contributed by atoms with E-state index in [4.69, 9.17) is 0 Å². The maximum absolute atomic E-state index is 12.1. The van der Waals surface area contributed by atoms with Crippen molar-refractivity contribution in [2.24, 2.45) is 0 Å². The number of hydrogen-bond donors (Lipinski definition) is 1. The molecule has 1 aromatic heterocycles. The zero-order chi connectivity index (χ0) is 13.0. The van der Waals surface area contributed by atoms with Gasteiger partial charge in [-0.3, -0.25) is 9.59 Å². The summed E-state index contributed by atoms with van der Waals surface area (Å²) in [5.41, 5.74) is 0. The molecular weight excluding hydrogens is 256 g/mol. The van der Waals surface area contributed by atoms with Gasteiger partial charge in [-0.2, -0.15) is 0 Å². The van der Waals surface area contributed by atoms with Crippen LogP contribution in [0.1, 0.15) is 16.6 Å². The van der Waals surface area contributed by atoms with E-state index in [0.29, 0.717) is 11.4 Å². The molecule has 0 aliphatic rings. The van der Waals surface area contributed by atoms with Gasteiger partial charge in [0.15, 0.2) is 0 Å². The Hall–Kier alpha value is -1.01. The predicted octanol–water partition coefficient (Wildman–Crippen LogP) is 1.59. The van der Waals surface area contributed by atoms with Crippen molar-refractivity contribution in [1.29, 1.82) is 0 Å². The topological polar surface area (TPSA) is 40.6 Å². The minimum Gasteiger partial charge on any atom is -0.347 e. The molecule has 2 amide bonds. The number of rotatable bonds is 4. The van der Waals surface area contributed by atoms with Crippen LogP contribution in [0.4, 0.5) is 0 Å². The summed E-state index contributed by atoms with van der Waals surface area (Å²) >= 11 is 5.51. The van der Waals surface area contributed by atoms with Gasteiger partial charge in [0.05, 0.1) is 4.88 Å². The average Bonchev–Trinajstić information content (AvgIpc) is 2.71. The predicted molar refractivity (Wildman–Crippen MR) is 71.8 cm³/mol. The Bertz CT molecular complexity index is 415. The van der Waals surface area contributed by atoms with E-state index in [1.54, 1.807) is 25.5 Å². The van der Waals surface area contributed by atoms with Crippen LogP contribution in [-0.2, 0) is 4.79 Å². The van der Waals surface area contributed by atoms with Crippen LogP contribution < -0.4 is 0 Å². The quantitative estimate of drug-likeness (QED) is 0.846. The number of likely N-dealkylation sites (N-methyl/N-ethyl adjacent to an activating group) is 2. The average molecular weight is 272 g/mol. The molecule has 0 N–H and O–H groups in total. The Balaban J connectivity index is 2.74. The van der Waals surface area contributed by atoms with E-state index in [2.05, 4.69) is 12.6 Å². The highest BCUT2D eigenvalue weighted by Crippen LogP contribution is 2.19. The van der Waals surface area contributed by atoms with Crippen LogP contribution in [0.25, 0.3) is 0 Å². The van der Waals surface area contributed by atoms with Gasteiger partial charge in [-0.15, -0.1) is 24.0 Å². The highest BCUT2D eigenvalue weighted by molar-refractivity contribution is 7.80. The second kappa shape index (κ2) is 6.07. The van der Waals surface area contributed by atoms with Crippen molar-refractivity contribution in [2.45, 2.75) is 11.8 Å². The summed E-state index contributed by atoms with van der Waals surface area (Å²) in [6.45, 7) is 2.48. The van der Waals surface area contributed by atoms with Gasteiger partial charge < -0.3 is 9.80 Å². The van der Waals surface area contributed by atoms with Gasteiger partial charge in [0.25, 0.3) is 5.91 Å². The Labute approximate surface area is 111 Å². The lowest BCUT2D eigenvalue weighted by molar-refractivity contribution is -0.129. The van der Waals surface area contributed by atoms with Gasteiger partial charge in [0.1, 0.15) is 6.54 Å². The molecule has 0 spiro atoms. The molecule has 6 heteroatoms. The summed E-state index contributed by atoms with van der Waals surface area (Å²) < 4.78 is 0. The summed E-state index contributed by atoms with van der Waals surface area (Å²) in [4.78, 5) is 28.0. The molecule has 4 nitrogen and oxygen atoms in total. The van der Waals surface area contributed by atoms with E-state index in [9.17, 15) is 9.59 Å². The molecule has 17 heavy (non-hydrogen) atoms. The van der Waals surface area contributed by atoms with Crippen molar-refractivity contribution in [3.63, 3.8) is 0 Å². The minimum atomic E-state index is -0.118. The van der Waals surface area contributed by atoms with E-state index in [1.165, 1.54) is 21.1 Å². The van der Waals surface area contributed by atoms with Crippen LogP contribution in [0, 0.1) is 0 Å². The van der Waals surface area contributed by atoms with E-state index < -0.39 is 0 Å². The highest BCUT2D eigenvalue weighted by atomic mass is 32.1. The molecule has 0 radical (unpaired) electrons. The van der Waals surface area contributed by atoms with E-state index in [0.717, 1.165) is 4.90 Å². The second-order valence-corrected chi connectivity index (χ2v) is 5.20. The molecule has 94 valence electrons. The smallest absolute Gasteiger partial charge is 0.264 e. The van der Waals surface area contributed by atoms with Gasteiger partial charge in [0, 0.05) is 30.9 Å². The zero-order valence-electron chi connectivity index (χ0n) is 10.1. The summed E-state index contributed by atoms with van der Waals surface area (Å²) in [6, 6.07) is 1.72. The standard InChI is InChI=1S/C11H16N2O2S2/c1-4-13(6-10(14)12(2)3)11(15)9-5-8(16)7-17-9/h5,7,16H,4,6H2,1-3H3. The monoisotopic (exact) mass is 272 g/mol. The van der Waals surface area contributed by atoms with E-state index in [-0.39, 0.29) is 18.4 Å². The van der Waals surface area contributed by atoms with Crippen molar-refractivity contribution in [3.05, 3.63) is 16.3 Å². The Kier molecular flexibility index (Phi) is 5.02. The summed E-state index contributed by atoms with van der Waals surface area (Å²) in [7, 11) is 3.36. The number of hydrogen-bond acceptors (Lipinski definition) is 4. The largest absolute Gasteiger partial charge is 0.347 e. The summed E-state index contributed by atoms with van der Waals surface area (Å²) in [6.07, 6.45) is 0. The first kappa shape index (κ1) is 14.1. The number of amides is 2. The third-order valence-corrected chi connectivity index (χ3v) is 3.64. The Morgan fingerprint density at radius 1 is 1.41 bits per heavy atom. The molecule has 1 rings (SSSR count). The third-order valence-electron chi connectivity index (χ3n) is 2.29. The molecule has 1 heterocycles. The lowest BCUT2D eigenvalue weighted by Crippen LogP contribution is -2.39. The van der Waals surface area contributed by atoms with Crippen molar-refractivity contribution < 1.29 is 9.59 Å². The van der Waals surface area contributed by atoms with Crippen molar-refractivity contribution in [2.75, 3.05) is 27.2 Å². The Morgan fingerprint density at radius 3 is 2.47 bits per heavy atom. The molecule has 0 atom stereocenters. The lowest BCUT2D eigenvalue weighted by Gasteiger charge is -2.21. The molecule has 0 saturated carbocycles. The normalized spacial score (nSPS) is 10.1. The zero-order valence-corrected chi connectivity index (χ0v) is 11.8. The van der Waals surface area contributed by atoms with Gasteiger partial charge >= 0.3 is 0 Å². The van der Waals surface area contributed by atoms with Crippen LogP contribution in [0.5, 0.6) is 0 Å². The lowest BCUT2D eigenvalue weighted by atomic mass is 10.3. The molecule has 0 saturated heterocycles. The Morgan fingerprint density at radius 2 is 2.06 bits per heavy atom. The van der Waals surface area contributed by atoms with Gasteiger partial charge in [-0.05, 0) is 13.0 Å². The molecule has 0 aromatic carbocycles. The van der Waals surface area contributed by atoms with Crippen molar-refractivity contribution in [3.8, 4) is 0 Å². The first-order valence-electron chi connectivity index (χ1n) is 5.22. The number of carbonyl (C=O) groups excluding carboxylic acids is 2. The fraction of sp³-hybridized carbons (Fsp3) is 0.455. The SMILES string of the molecule is CCN(CC(=O)N(C)C)C(=O)c1cc(S)cs1. The van der Waals surface area contributed by atoms with Crippen molar-refractivity contribution >= 4 is 35.8 Å². The number of thiophene rings is 1. The molecule has 1 aromatic rings. The maximum Gasteiger partial charge on any atom is 0.264 e. The molecule has 0 fully saturated rings. The van der Waals surface area contributed by atoms with Crippen LogP contribution in [-0.4, -0.2) is 48.8 Å². The van der Waals surface area contributed by atoms with Crippen LogP contribution in [0.3, 0.4) is 0 Å². The van der Waals surface area contributed by atoms with Gasteiger partial charge in [-0.1, -0.05) is 0 Å². The number of thiol groups is 1. The third kappa shape index (κ3) is 3.74. The first-order chi connectivity index (χ1) is 7.95. The first-order valence-corrected chi connectivity index (χ1v) is 6.55. The van der Waals surface area contributed by atoms with E-state index in [1.807, 2.05) is 6.92 Å². The van der Waals surface area contributed by atoms with Gasteiger partial charge in [-0.25, -0.2) is 0 Å². The summed E-state index contributed by atoms with van der Waals surface area (Å²) in [5.74, 6) is -0.198. The molecule has 0 aliphatic carbocycles. The fourth-order valence-electron chi connectivity index (χ4n) is 1.23. The van der Waals surface area contributed by atoms with E-state index >= 15 is 0 Å². The van der Waals surface area contributed by atoms with Crippen LogP contribution in [0.15, 0.2) is 16.3 Å². The number of carbonyl (C=O) groups is 2. The minimum absolute atomic E-state index is 0.0807. The highest BCUT2D eigenvalue weighted by Gasteiger charge is 2.19. The van der Waals surface area contributed by atoms with Crippen LogP contribution >= 0.6 is 24.0 Å². The van der Waals surface area contributed by atoms with Gasteiger partial charge in [0.2, 0.25) is 5.91 Å². The van der Waals surface area contributed by atoms with Crippen LogP contribution in [0.2, 0.25) is 0 Å². The number of nitrogens with zero attached hydrogens (tertiary/aromatic N) is 2. The maximum atomic E-state index is 12.1. The summed E-state index contributed by atoms with van der Waals surface area (Å²) in [5, 5.41) is 1.80. The fourth-order valence-corrected chi connectivity index (χ4v) is 2.34. The second-order valence-electron chi connectivity index (χ2n) is 3.78. The molecular formula is C11H16N2O2S2.